The molecule has 0 aromatic carbocycles. The number of hydrogen-bond donors (Lipinski definition) is 3. The van der Waals surface area contributed by atoms with Gasteiger partial charge in [0, 0.05) is 95.9 Å². The topological polar surface area (TPSA) is 160 Å². The van der Waals surface area contributed by atoms with Gasteiger partial charge in [0.2, 0.25) is 0 Å². The van der Waals surface area contributed by atoms with Crippen molar-refractivity contribution in [3.8, 4) is 6.07 Å². The number of hydrogen-bond acceptors (Lipinski definition) is 10. The minimum Gasteiger partial charge on any atom is -0.444 e. The number of carbonyl (C=O) groups is 3. The van der Waals surface area contributed by atoms with Gasteiger partial charge in [0.25, 0.3) is 0 Å². The molecule has 0 unspecified atom stereocenters. The molecule has 15 heteroatoms. The number of halogens is 1. The maximum Gasteiger partial charge on any atom is 0.410 e. The van der Waals surface area contributed by atoms with Crippen molar-refractivity contribution in [2.75, 3.05) is 57.3 Å². The minimum atomic E-state index is -0.446. The molecule has 7 fully saturated rings. The molecule has 7 aliphatic rings. The standard InChI is InChI=1S/C23H40N4O3.C22H42N4O2.C2H3N.CH3I/c1-22(2,3)30-21(29)25-15-11-23(4,12-16-25)26-13-9-17(10-14-26)27-19-8-6-5-7-18(19)24-20(27)28;1-21(2,3)28-20(27)25-15-11-22(4,12-16-25)26-13-9-17(10-14-26)24-19-8-6-5-7-18(19)23;1-2-3;1-2/h17-19H,5-16H2,1-4H3,(H,24,28);17-19,24H,5-16,23H2,1-4H3;1H3;1H3/t2*18-,19-;;/m11../s1/i;;;1D. The third-order valence-corrected chi connectivity index (χ3v) is 14.8. The molecule has 4 N–H and O–H groups in total. The van der Waals surface area contributed by atoms with Gasteiger partial charge in [-0.05, 0) is 137 Å². The summed E-state index contributed by atoms with van der Waals surface area (Å²) in [5.41, 5.74) is 5.78. The lowest BCUT2D eigenvalue weighted by molar-refractivity contribution is -0.0143. The summed E-state index contributed by atoms with van der Waals surface area (Å²) < 4.78 is 17.3. The van der Waals surface area contributed by atoms with Crippen molar-refractivity contribution in [2.24, 2.45) is 5.73 Å². The van der Waals surface area contributed by atoms with Crippen LogP contribution in [0.15, 0.2) is 0 Å². The van der Waals surface area contributed by atoms with Crippen LogP contribution in [0, 0.1) is 11.3 Å². The molecule has 362 valence electrons. The summed E-state index contributed by atoms with van der Waals surface area (Å²) >= 11 is 1.96. The molecule has 2 aliphatic carbocycles. The van der Waals surface area contributed by atoms with E-state index in [9.17, 15) is 14.4 Å². The summed E-state index contributed by atoms with van der Waals surface area (Å²) in [5, 5.41) is 14.4. The highest BCUT2D eigenvalue weighted by atomic mass is 127. The van der Waals surface area contributed by atoms with Crippen molar-refractivity contribution in [3.05, 3.63) is 0 Å². The van der Waals surface area contributed by atoms with Gasteiger partial charge in [-0.2, -0.15) is 5.26 Å². The van der Waals surface area contributed by atoms with Crippen molar-refractivity contribution in [2.45, 2.75) is 224 Å². The Bertz CT molecular complexity index is 1490. The number of alkyl halides is 1. The van der Waals surface area contributed by atoms with Crippen molar-refractivity contribution >= 4 is 40.8 Å². The molecule has 5 aliphatic heterocycles. The van der Waals surface area contributed by atoms with Crippen LogP contribution in [0.4, 0.5) is 14.4 Å². The fourth-order valence-electron chi connectivity index (χ4n) is 11.0. The molecule has 4 amide bonds. The van der Waals surface area contributed by atoms with Gasteiger partial charge >= 0.3 is 18.2 Å². The van der Waals surface area contributed by atoms with Crippen molar-refractivity contribution in [1.82, 2.24) is 35.1 Å². The first-order chi connectivity index (χ1) is 30.2. The Morgan fingerprint density at radius 3 is 1.62 bits per heavy atom. The van der Waals surface area contributed by atoms with Crippen molar-refractivity contribution < 1.29 is 25.2 Å². The second-order valence-electron chi connectivity index (χ2n) is 21.7. The lowest BCUT2D eigenvalue weighted by Crippen LogP contribution is -2.59. The molecule has 5 saturated heterocycles. The minimum absolute atomic E-state index is 0.129. The summed E-state index contributed by atoms with van der Waals surface area (Å²) in [6.07, 6.45) is 18.0. The molecule has 7 rings (SSSR count). The zero-order valence-corrected chi connectivity index (χ0v) is 43.0. The van der Waals surface area contributed by atoms with Crippen molar-refractivity contribution in [3.63, 3.8) is 0 Å². The second kappa shape index (κ2) is 24.1. The van der Waals surface area contributed by atoms with Crippen LogP contribution < -0.4 is 16.4 Å². The summed E-state index contributed by atoms with van der Waals surface area (Å²) in [6, 6.07) is 4.53. The van der Waals surface area contributed by atoms with E-state index in [1.165, 1.54) is 58.3 Å². The van der Waals surface area contributed by atoms with Crippen LogP contribution in [0.5, 0.6) is 0 Å². The lowest BCUT2D eigenvalue weighted by atomic mass is 9.85. The molecule has 5 heterocycles. The number of amides is 4. The summed E-state index contributed by atoms with van der Waals surface area (Å²) in [5.74, 6) is 0. The summed E-state index contributed by atoms with van der Waals surface area (Å²) in [4.78, 5) is 49.0. The summed E-state index contributed by atoms with van der Waals surface area (Å²) in [7, 11) is 0. The maximum atomic E-state index is 12.6. The van der Waals surface area contributed by atoms with Gasteiger partial charge < -0.3 is 40.5 Å². The highest BCUT2D eigenvalue weighted by molar-refractivity contribution is 14.1. The normalized spacial score (nSPS) is 28.5. The van der Waals surface area contributed by atoms with Crippen LogP contribution in [0.1, 0.15) is 166 Å². The first-order valence-electron chi connectivity index (χ1n) is 25.1. The Morgan fingerprint density at radius 2 is 1.17 bits per heavy atom. The Hall–Kier alpha value is -2.13. The van der Waals surface area contributed by atoms with Crippen LogP contribution in [-0.4, -0.2) is 159 Å². The second-order valence-corrected chi connectivity index (χ2v) is 21.7. The number of fused-ring (bicyclic) bond motifs is 1. The SMILES string of the molecule is CC#N.CC(C)(C)OC(=O)N1CCC(C)(N2CCC(N3C(=O)N[C@@H]4CCCC[C@H]43)CC2)CC1.CC(C)(C)OC(=O)N1CCC(C)(N2CCC(N[C@@H]3CCCC[C@H]3N)CC2)CC1.[2H]CI. The Balaban J connectivity index is 0.000000251. The van der Waals surface area contributed by atoms with Crippen LogP contribution in [-0.2, 0) is 9.47 Å². The van der Waals surface area contributed by atoms with E-state index in [0.29, 0.717) is 41.2 Å². The maximum absolute atomic E-state index is 12.6. The Morgan fingerprint density at radius 1 is 0.762 bits per heavy atom. The van der Waals surface area contributed by atoms with E-state index in [4.69, 9.17) is 21.8 Å². The number of ether oxygens (including phenoxy) is 2. The van der Waals surface area contributed by atoms with E-state index < -0.39 is 11.2 Å². The van der Waals surface area contributed by atoms with E-state index in [1.807, 2.05) is 73.9 Å². The Labute approximate surface area is 397 Å². The highest BCUT2D eigenvalue weighted by Crippen LogP contribution is 2.37. The number of nitrogens with zero attached hydrogens (tertiary/aromatic N) is 6. The van der Waals surface area contributed by atoms with Gasteiger partial charge in [-0.3, -0.25) is 9.80 Å². The van der Waals surface area contributed by atoms with Crippen LogP contribution >= 0.6 is 22.6 Å². The average Bonchev–Trinajstić information content (AvgIpc) is 3.57. The smallest absolute Gasteiger partial charge is 0.410 e. The molecule has 0 bridgehead atoms. The monoisotopic (exact) mass is 999 g/mol. The molecular weight excluding hydrogens is 909 g/mol. The quantitative estimate of drug-likeness (QED) is 0.181. The van der Waals surface area contributed by atoms with Crippen LogP contribution in [0.2, 0.25) is 0 Å². The number of nitrogens with one attached hydrogen (secondary N) is 2. The molecule has 4 atom stereocenters. The van der Waals surface area contributed by atoms with Gasteiger partial charge in [-0.15, -0.1) is 0 Å². The molecule has 0 aromatic rings. The Kier molecular flexibility index (Phi) is 19.8. The van der Waals surface area contributed by atoms with E-state index in [0.717, 1.165) is 104 Å². The van der Waals surface area contributed by atoms with Gasteiger partial charge in [0.1, 0.15) is 11.2 Å². The molecule has 0 spiro atoms. The number of carbonyl (C=O) groups excluding carboxylic acids is 3. The first kappa shape index (κ1) is 51.8. The third-order valence-electron chi connectivity index (χ3n) is 14.8. The first-order valence-corrected chi connectivity index (χ1v) is 25.9. The predicted octanol–water partition coefficient (Wildman–Crippen LogP) is 8.26. The zero-order valence-electron chi connectivity index (χ0n) is 41.8. The van der Waals surface area contributed by atoms with Gasteiger partial charge in [-0.1, -0.05) is 48.3 Å². The number of piperidine rings is 4. The largest absolute Gasteiger partial charge is 0.444 e. The number of nitrogens with two attached hydrogens (primary N) is 1. The van der Waals surface area contributed by atoms with Gasteiger partial charge in [0.15, 0.2) is 0 Å². The van der Waals surface area contributed by atoms with E-state index in [1.54, 1.807) is 6.07 Å². The van der Waals surface area contributed by atoms with E-state index in [-0.39, 0.29) is 29.3 Å². The fraction of sp³-hybridized carbons (Fsp3) is 0.917. The van der Waals surface area contributed by atoms with E-state index in [2.05, 4.69) is 39.2 Å². The molecule has 0 aromatic heterocycles. The van der Waals surface area contributed by atoms with E-state index >= 15 is 0 Å². The molecule has 0 radical (unpaired) electrons. The zero-order chi connectivity index (χ0) is 47.3. The van der Waals surface area contributed by atoms with Crippen LogP contribution in [0.3, 0.4) is 0 Å². The molecule has 63 heavy (non-hydrogen) atoms. The van der Waals surface area contributed by atoms with Gasteiger partial charge in [0.05, 0.1) is 18.2 Å². The van der Waals surface area contributed by atoms with Gasteiger partial charge in [-0.25, -0.2) is 14.4 Å². The average molecular weight is 999 g/mol. The lowest BCUT2D eigenvalue weighted by Gasteiger charge is -2.50. The number of nitriles is 1. The number of urea groups is 1. The highest BCUT2D eigenvalue weighted by Gasteiger charge is 2.46. The van der Waals surface area contributed by atoms with Crippen LogP contribution in [0.25, 0.3) is 0 Å². The number of likely N-dealkylation sites (tertiary alicyclic amines) is 4. The molecule has 14 nitrogen and oxygen atoms in total. The molecular formula is C48H88IN9O5. The third kappa shape index (κ3) is 15.5. The fourth-order valence-corrected chi connectivity index (χ4v) is 11.0. The number of rotatable bonds is 5. The predicted molar refractivity (Wildman–Crippen MR) is 261 cm³/mol. The van der Waals surface area contributed by atoms with Crippen molar-refractivity contribution in [1.29, 1.82) is 5.26 Å². The molecule has 2 saturated carbocycles. The summed E-state index contributed by atoms with van der Waals surface area (Å²) in [6.45, 7) is 25.1.